The van der Waals surface area contributed by atoms with Crippen LogP contribution in [0.5, 0.6) is 0 Å². The minimum atomic E-state index is -0.679. The summed E-state index contributed by atoms with van der Waals surface area (Å²) in [6.45, 7) is 25.4. The van der Waals surface area contributed by atoms with E-state index in [1.165, 1.54) is 12.8 Å². The second kappa shape index (κ2) is 12.4. The maximum atomic E-state index is 13.4. The third kappa shape index (κ3) is 6.50. The van der Waals surface area contributed by atoms with Crippen molar-refractivity contribution in [2.45, 2.75) is 127 Å². The van der Waals surface area contributed by atoms with Crippen LogP contribution in [0.25, 0.3) is 0 Å². The number of amides is 1. The van der Waals surface area contributed by atoms with E-state index in [9.17, 15) is 19.6 Å². The zero-order valence-corrected chi connectivity index (χ0v) is 30.1. The van der Waals surface area contributed by atoms with Crippen LogP contribution in [0, 0.1) is 55.7 Å². The summed E-state index contributed by atoms with van der Waals surface area (Å²) in [7, 11) is 0. The van der Waals surface area contributed by atoms with E-state index in [1.54, 1.807) is 6.92 Å². The lowest BCUT2D eigenvalue weighted by Gasteiger charge is -2.61. The minimum Gasteiger partial charge on any atom is -0.340 e. The Morgan fingerprint density at radius 1 is 1.07 bits per heavy atom. The molecule has 6 heteroatoms. The first kappa shape index (κ1) is 35.6. The number of carbonyl (C=O) groups is 3. The van der Waals surface area contributed by atoms with E-state index in [1.807, 2.05) is 30.9 Å². The lowest BCUT2D eigenvalue weighted by molar-refractivity contribution is -0.133. The summed E-state index contributed by atoms with van der Waals surface area (Å²) in [4.78, 5) is 41.7. The zero-order valence-electron chi connectivity index (χ0n) is 30.1. The normalized spacial score (nSPS) is 35.8. The van der Waals surface area contributed by atoms with Crippen molar-refractivity contribution in [3.8, 4) is 6.07 Å². The Balaban J connectivity index is 1.67. The van der Waals surface area contributed by atoms with Gasteiger partial charge in [0.15, 0.2) is 11.6 Å². The van der Waals surface area contributed by atoms with Gasteiger partial charge >= 0.3 is 0 Å². The second-order valence-corrected chi connectivity index (χ2v) is 17.7. The molecular formula is C39H61N3O3. The Bertz CT molecular complexity index is 1290. The SMILES string of the molecule is CC(=O)/C=C1/[C@@]2(C)C=C(C#N)C(=O)C(C)(C)[C@@H]2CC[C@@]1(C)C(C)(C)CC[C@@]1(CCC(=O)N2CCNCC2)CCC(C)(C)CC1C. The van der Waals surface area contributed by atoms with Crippen LogP contribution in [0.3, 0.4) is 0 Å². The van der Waals surface area contributed by atoms with Crippen LogP contribution < -0.4 is 5.32 Å². The summed E-state index contributed by atoms with van der Waals surface area (Å²) in [5, 5.41) is 13.4. The first-order valence-corrected chi connectivity index (χ1v) is 17.6. The summed E-state index contributed by atoms with van der Waals surface area (Å²) >= 11 is 0. The van der Waals surface area contributed by atoms with Gasteiger partial charge in [0.1, 0.15) is 6.07 Å². The molecule has 1 heterocycles. The molecule has 0 spiro atoms. The number of allylic oxidation sites excluding steroid dienone is 4. The van der Waals surface area contributed by atoms with Crippen LogP contribution in [0.4, 0.5) is 0 Å². The Labute approximate surface area is 273 Å². The van der Waals surface area contributed by atoms with E-state index >= 15 is 0 Å². The van der Waals surface area contributed by atoms with Gasteiger partial charge in [-0.3, -0.25) is 14.4 Å². The molecule has 0 bridgehead atoms. The van der Waals surface area contributed by atoms with Crippen LogP contribution in [-0.4, -0.2) is 48.6 Å². The molecule has 1 saturated heterocycles. The predicted molar refractivity (Wildman–Crippen MR) is 181 cm³/mol. The third-order valence-electron chi connectivity index (χ3n) is 13.7. The number of ketones is 2. The quantitative estimate of drug-likeness (QED) is 0.280. The maximum absolute atomic E-state index is 13.4. The zero-order chi connectivity index (χ0) is 33.6. The smallest absolute Gasteiger partial charge is 0.222 e. The number of hydrogen-bond acceptors (Lipinski definition) is 5. The third-order valence-corrected chi connectivity index (χ3v) is 13.7. The van der Waals surface area contributed by atoms with Crippen molar-refractivity contribution in [3.05, 3.63) is 23.3 Å². The van der Waals surface area contributed by atoms with E-state index in [0.29, 0.717) is 23.7 Å². The van der Waals surface area contributed by atoms with Crippen molar-refractivity contribution in [1.29, 1.82) is 5.26 Å². The van der Waals surface area contributed by atoms with E-state index in [-0.39, 0.29) is 39.3 Å². The average Bonchev–Trinajstić information content (AvgIpc) is 2.96. The van der Waals surface area contributed by atoms with Crippen molar-refractivity contribution in [3.63, 3.8) is 0 Å². The molecule has 4 rings (SSSR count). The molecule has 6 nitrogen and oxygen atoms in total. The Morgan fingerprint density at radius 3 is 2.29 bits per heavy atom. The van der Waals surface area contributed by atoms with Gasteiger partial charge in [0.25, 0.3) is 0 Å². The molecule has 2 saturated carbocycles. The molecule has 1 unspecified atom stereocenters. The van der Waals surface area contributed by atoms with Crippen LogP contribution in [0.1, 0.15) is 127 Å². The molecular weight excluding hydrogens is 558 g/mol. The maximum Gasteiger partial charge on any atom is 0.222 e. The van der Waals surface area contributed by atoms with Gasteiger partial charge in [0.05, 0.1) is 5.57 Å². The molecule has 1 N–H and O–H groups in total. The summed E-state index contributed by atoms with van der Waals surface area (Å²) in [6.07, 6.45) is 12.6. The number of nitriles is 1. The van der Waals surface area contributed by atoms with Crippen molar-refractivity contribution in [1.82, 2.24) is 10.2 Å². The molecule has 1 aliphatic heterocycles. The highest BCUT2D eigenvalue weighted by Crippen LogP contribution is 2.67. The van der Waals surface area contributed by atoms with Gasteiger partial charge in [0.2, 0.25) is 5.91 Å². The molecule has 3 aliphatic carbocycles. The molecule has 4 aliphatic rings. The number of hydrogen-bond donors (Lipinski definition) is 1. The number of rotatable bonds is 8. The molecule has 45 heavy (non-hydrogen) atoms. The molecule has 5 atom stereocenters. The highest BCUT2D eigenvalue weighted by molar-refractivity contribution is 6.04. The van der Waals surface area contributed by atoms with E-state index in [0.717, 1.165) is 70.3 Å². The number of piperazine rings is 1. The monoisotopic (exact) mass is 619 g/mol. The second-order valence-electron chi connectivity index (χ2n) is 17.7. The van der Waals surface area contributed by atoms with E-state index in [4.69, 9.17) is 0 Å². The molecule has 3 fully saturated rings. The number of carbonyl (C=O) groups excluding carboxylic acids is 3. The van der Waals surface area contributed by atoms with Gasteiger partial charge in [-0.2, -0.15) is 5.26 Å². The molecule has 0 aromatic heterocycles. The van der Waals surface area contributed by atoms with Gasteiger partial charge < -0.3 is 10.2 Å². The summed E-state index contributed by atoms with van der Waals surface area (Å²) in [5.74, 6) is 0.775. The van der Waals surface area contributed by atoms with Crippen LogP contribution in [-0.2, 0) is 14.4 Å². The van der Waals surface area contributed by atoms with Gasteiger partial charge in [-0.25, -0.2) is 0 Å². The predicted octanol–water partition coefficient (Wildman–Crippen LogP) is 7.83. The highest BCUT2D eigenvalue weighted by Gasteiger charge is 2.61. The molecule has 1 amide bonds. The molecule has 0 radical (unpaired) electrons. The van der Waals surface area contributed by atoms with Gasteiger partial charge in [-0.15, -0.1) is 0 Å². The standard InChI is InChI=1S/C39H61N3O3/c1-27-24-34(3,4)15-17-39(27,14-12-32(44)42-21-19-41-20-22-42)18-16-35(5,6)38(10)13-11-30-36(7,8)33(45)29(26-40)25-37(30,9)31(38)23-28(2)43/h23,25,27,30,41H,11-22,24H2,1-10H3/b31-23-/t27?,30-,37-,38+,39+/m0/s1. The van der Waals surface area contributed by atoms with Crippen molar-refractivity contribution >= 4 is 17.5 Å². The Morgan fingerprint density at radius 2 is 1.71 bits per heavy atom. The molecule has 0 aromatic carbocycles. The number of fused-ring (bicyclic) bond motifs is 1. The lowest BCUT2D eigenvalue weighted by Crippen LogP contribution is -2.56. The van der Waals surface area contributed by atoms with Crippen LogP contribution in [0.15, 0.2) is 23.3 Å². The minimum absolute atomic E-state index is 0.0153. The highest BCUT2D eigenvalue weighted by atomic mass is 16.2. The van der Waals surface area contributed by atoms with Crippen molar-refractivity contribution < 1.29 is 14.4 Å². The summed E-state index contributed by atoms with van der Waals surface area (Å²) < 4.78 is 0. The Kier molecular flexibility index (Phi) is 9.81. The van der Waals surface area contributed by atoms with E-state index in [2.05, 4.69) is 59.9 Å². The van der Waals surface area contributed by atoms with Gasteiger partial charge in [0, 0.05) is 43.4 Å². The fourth-order valence-electron chi connectivity index (χ4n) is 10.2. The summed E-state index contributed by atoms with van der Waals surface area (Å²) in [6, 6.07) is 2.20. The topological polar surface area (TPSA) is 90.3 Å². The van der Waals surface area contributed by atoms with Crippen LogP contribution >= 0.6 is 0 Å². The number of nitrogens with one attached hydrogen (secondary N) is 1. The average molecular weight is 620 g/mol. The first-order chi connectivity index (χ1) is 20.7. The Hall–Kier alpha value is -2.26. The van der Waals surface area contributed by atoms with E-state index < -0.39 is 10.8 Å². The number of Topliss-reactive ketones (excluding diaryl/α,β-unsaturated/α-hetero) is 1. The van der Waals surface area contributed by atoms with Gasteiger partial charge in [-0.1, -0.05) is 74.0 Å². The van der Waals surface area contributed by atoms with Gasteiger partial charge in [-0.05, 0) is 97.9 Å². The number of nitrogens with zero attached hydrogens (tertiary/aromatic N) is 2. The fourth-order valence-corrected chi connectivity index (χ4v) is 10.2. The fraction of sp³-hybridized carbons (Fsp3) is 0.795. The first-order valence-electron chi connectivity index (χ1n) is 17.6. The molecule has 250 valence electrons. The largest absolute Gasteiger partial charge is 0.340 e. The van der Waals surface area contributed by atoms with Crippen molar-refractivity contribution in [2.24, 2.45) is 44.3 Å². The van der Waals surface area contributed by atoms with Crippen LogP contribution in [0.2, 0.25) is 0 Å². The summed E-state index contributed by atoms with van der Waals surface area (Å²) in [5.41, 5.74) is 0.0249. The van der Waals surface area contributed by atoms with Crippen molar-refractivity contribution in [2.75, 3.05) is 26.2 Å². The molecule has 0 aromatic rings. The lowest BCUT2D eigenvalue weighted by atomic mass is 9.42.